The molecule has 3 aromatic carbocycles. The summed E-state index contributed by atoms with van der Waals surface area (Å²) in [7, 11) is 1.63. The van der Waals surface area contributed by atoms with Crippen molar-refractivity contribution in [2.45, 2.75) is 6.10 Å². The minimum Gasteiger partial charge on any atom is -0.496 e. The molecule has 0 aliphatic heterocycles. The quantitative estimate of drug-likeness (QED) is 0.761. The van der Waals surface area contributed by atoms with Gasteiger partial charge in [0.25, 0.3) is 0 Å². The summed E-state index contributed by atoms with van der Waals surface area (Å²) in [5, 5.41) is 12.7. The first-order chi connectivity index (χ1) is 10.8. The maximum atomic E-state index is 10.5. The van der Waals surface area contributed by atoms with E-state index in [9.17, 15) is 5.11 Å². The highest BCUT2D eigenvalue weighted by molar-refractivity contribution is 5.85. The largest absolute Gasteiger partial charge is 0.496 e. The third-order valence-electron chi connectivity index (χ3n) is 3.69. The van der Waals surface area contributed by atoms with Crippen LogP contribution in [-0.2, 0) is 0 Å². The Balaban J connectivity index is 1.95. The van der Waals surface area contributed by atoms with Gasteiger partial charge in [-0.3, -0.25) is 0 Å². The summed E-state index contributed by atoms with van der Waals surface area (Å²) in [5.41, 5.74) is 1.83. The Labute approximate surface area is 130 Å². The van der Waals surface area contributed by atoms with Gasteiger partial charge in [-0.25, -0.2) is 0 Å². The molecule has 22 heavy (non-hydrogen) atoms. The van der Waals surface area contributed by atoms with E-state index < -0.39 is 6.10 Å². The molecule has 0 fully saturated rings. The van der Waals surface area contributed by atoms with E-state index in [1.807, 2.05) is 72.8 Å². The predicted molar refractivity (Wildman–Crippen MR) is 90.9 cm³/mol. The average molecular weight is 290 g/mol. The van der Waals surface area contributed by atoms with Gasteiger partial charge in [0.2, 0.25) is 0 Å². The summed E-state index contributed by atoms with van der Waals surface area (Å²) in [6.07, 6.45) is 2.99. The van der Waals surface area contributed by atoms with Gasteiger partial charge in [0.15, 0.2) is 0 Å². The van der Waals surface area contributed by atoms with Gasteiger partial charge in [-0.15, -0.1) is 0 Å². The van der Waals surface area contributed by atoms with Gasteiger partial charge >= 0.3 is 0 Å². The molecule has 1 atom stereocenters. The molecule has 0 spiro atoms. The van der Waals surface area contributed by atoms with E-state index in [0.717, 1.165) is 21.9 Å². The lowest BCUT2D eigenvalue weighted by atomic mass is 10.0. The first-order valence-electron chi connectivity index (χ1n) is 7.26. The zero-order valence-corrected chi connectivity index (χ0v) is 12.4. The van der Waals surface area contributed by atoms with E-state index in [-0.39, 0.29) is 0 Å². The Morgan fingerprint density at radius 3 is 2.23 bits per heavy atom. The number of methoxy groups -OCH3 is 1. The number of aliphatic hydroxyl groups excluding tert-OH is 1. The lowest BCUT2D eigenvalue weighted by Gasteiger charge is -2.13. The zero-order chi connectivity index (χ0) is 15.4. The molecule has 1 N–H and O–H groups in total. The number of rotatable bonds is 4. The average Bonchev–Trinajstić information content (AvgIpc) is 2.59. The molecule has 3 aromatic rings. The highest BCUT2D eigenvalue weighted by Gasteiger charge is 2.12. The lowest BCUT2D eigenvalue weighted by molar-refractivity contribution is 0.224. The monoisotopic (exact) mass is 290 g/mol. The summed E-state index contributed by atoms with van der Waals surface area (Å²) in [6, 6.07) is 21.9. The molecule has 0 aliphatic carbocycles. The second kappa shape index (κ2) is 6.46. The summed E-state index contributed by atoms with van der Waals surface area (Å²) >= 11 is 0. The fourth-order valence-electron chi connectivity index (χ4n) is 2.52. The van der Waals surface area contributed by atoms with Crippen molar-refractivity contribution >= 4 is 16.8 Å². The number of hydrogen-bond donors (Lipinski definition) is 1. The molecular formula is C20H18O2. The molecule has 0 aromatic heterocycles. The topological polar surface area (TPSA) is 29.5 Å². The molecule has 0 amide bonds. The molecule has 0 bridgehead atoms. The Kier molecular flexibility index (Phi) is 4.22. The van der Waals surface area contributed by atoms with Gasteiger partial charge in [0.05, 0.1) is 7.11 Å². The Hall–Kier alpha value is -2.58. The summed E-state index contributed by atoms with van der Waals surface area (Å²) in [4.78, 5) is 0. The summed E-state index contributed by atoms with van der Waals surface area (Å²) in [6.45, 7) is 0. The van der Waals surface area contributed by atoms with Crippen LogP contribution in [-0.4, -0.2) is 12.2 Å². The van der Waals surface area contributed by atoms with Crippen LogP contribution in [0.1, 0.15) is 17.2 Å². The molecule has 2 nitrogen and oxygen atoms in total. The van der Waals surface area contributed by atoms with E-state index in [0.29, 0.717) is 5.75 Å². The lowest BCUT2D eigenvalue weighted by Crippen LogP contribution is -1.98. The Morgan fingerprint density at radius 1 is 0.909 bits per heavy atom. The molecule has 0 aliphatic rings. The minimum absolute atomic E-state index is 0.698. The summed E-state index contributed by atoms with van der Waals surface area (Å²) in [5.74, 6) is 0.698. The van der Waals surface area contributed by atoms with Crippen molar-refractivity contribution < 1.29 is 9.84 Å². The number of fused-ring (bicyclic) bond motifs is 1. The van der Waals surface area contributed by atoms with Crippen LogP contribution in [0, 0.1) is 0 Å². The van der Waals surface area contributed by atoms with Crippen LogP contribution in [0.5, 0.6) is 5.75 Å². The second-order valence-corrected chi connectivity index (χ2v) is 5.16. The minimum atomic E-state index is -0.709. The molecule has 0 heterocycles. The highest BCUT2D eigenvalue weighted by atomic mass is 16.5. The van der Waals surface area contributed by atoms with Crippen molar-refractivity contribution in [2.24, 2.45) is 0 Å². The highest BCUT2D eigenvalue weighted by Crippen LogP contribution is 2.31. The van der Waals surface area contributed by atoms with Crippen molar-refractivity contribution in [3.05, 3.63) is 83.9 Å². The molecule has 0 radical (unpaired) electrons. The zero-order valence-electron chi connectivity index (χ0n) is 12.4. The number of benzene rings is 3. The van der Waals surface area contributed by atoms with E-state index >= 15 is 0 Å². The Morgan fingerprint density at radius 2 is 1.55 bits per heavy atom. The molecule has 0 saturated heterocycles. The first kappa shape index (κ1) is 14.4. The number of aliphatic hydroxyl groups is 1. The maximum absolute atomic E-state index is 10.5. The molecule has 1 unspecified atom stereocenters. The standard InChI is InChI=1S/C20H18O2/c1-22-20-14-17-10-6-5-9-16(17)13-18(20)19(21)12-11-15-7-3-2-4-8-15/h2-14,19,21H,1H3. The van der Waals surface area contributed by atoms with Crippen LogP contribution in [0.15, 0.2) is 72.8 Å². The van der Waals surface area contributed by atoms with E-state index in [2.05, 4.69) is 0 Å². The van der Waals surface area contributed by atoms with Gasteiger partial charge in [0.1, 0.15) is 11.9 Å². The van der Waals surface area contributed by atoms with Crippen LogP contribution in [0.3, 0.4) is 0 Å². The number of hydrogen-bond acceptors (Lipinski definition) is 2. The second-order valence-electron chi connectivity index (χ2n) is 5.16. The predicted octanol–water partition coefficient (Wildman–Crippen LogP) is 4.60. The first-order valence-corrected chi connectivity index (χ1v) is 7.26. The van der Waals surface area contributed by atoms with E-state index in [4.69, 9.17) is 4.74 Å². The maximum Gasteiger partial charge on any atom is 0.125 e. The molecular weight excluding hydrogens is 272 g/mol. The normalized spacial score (nSPS) is 12.6. The van der Waals surface area contributed by atoms with Crippen molar-refractivity contribution in [1.82, 2.24) is 0 Å². The number of ether oxygens (including phenoxy) is 1. The van der Waals surface area contributed by atoms with Crippen LogP contribution in [0.25, 0.3) is 16.8 Å². The van der Waals surface area contributed by atoms with Crippen LogP contribution < -0.4 is 4.74 Å². The third kappa shape index (κ3) is 3.02. The molecule has 2 heteroatoms. The van der Waals surface area contributed by atoms with Crippen LogP contribution >= 0.6 is 0 Å². The van der Waals surface area contributed by atoms with Gasteiger partial charge < -0.3 is 9.84 Å². The van der Waals surface area contributed by atoms with Crippen molar-refractivity contribution in [3.8, 4) is 5.75 Å². The van der Waals surface area contributed by atoms with Gasteiger partial charge in [-0.2, -0.15) is 0 Å². The van der Waals surface area contributed by atoms with E-state index in [1.54, 1.807) is 13.2 Å². The van der Waals surface area contributed by atoms with Crippen LogP contribution in [0.4, 0.5) is 0 Å². The van der Waals surface area contributed by atoms with Crippen molar-refractivity contribution in [3.63, 3.8) is 0 Å². The SMILES string of the molecule is COc1cc2ccccc2cc1C(O)C=Cc1ccccc1. The fraction of sp³-hybridized carbons (Fsp3) is 0.100. The fourth-order valence-corrected chi connectivity index (χ4v) is 2.52. The molecule has 0 saturated carbocycles. The van der Waals surface area contributed by atoms with Crippen LogP contribution in [0.2, 0.25) is 0 Å². The van der Waals surface area contributed by atoms with E-state index in [1.165, 1.54) is 0 Å². The van der Waals surface area contributed by atoms with Crippen molar-refractivity contribution in [2.75, 3.05) is 7.11 Å². The van der Waals surface area contributed by atoms with Crippen molar-refractivity contribution in [1.29, 1.82) is 0 Å². The van der Waals surface area contributed by atoms with Gasteiger partial charge in [0, 0.05) is 5.56 Å². The third-order valence-corrected chi connectivity index (χ3v) is 3.69. The molecule has 110 valence electrons. The summed E-state index contributed by atoms with van der Waals surface area (Å²) < 4.78 is 5.43. The molecule has 3 rings (SSSR count). The van der Waals surface area contributed by atoms with Gasteiger partial charge in [-0.1, -0.05) is 66.7 Å². The smallest absolute Gasteiger partial charge is 0.125 e. The Bertz CT molecular complexity index is 791. The van der Waals surface area contributed by atoms with Gasteiger partial charge in [-0.05, 0) is 28.5 Å².